The van der Waals surface area contributed by atoms with Crippen LogP contribution in [0.5, 0.6) is 0 Å². The van der Waals surface area contributed by atoms with E-state index in [0.717, 1.165) is 20.0 Å². The summed E-state index contributed by atoms with van der Waals surface area (Å²) in [4.78, 5) is 12.2. The first-order chi connectivity index (χ1) is 10.1. The van der Waals surface area contributed by atoms with Gasteiger partial charge >= 0.3 is 0 Å². The van der Waals surface area contributed by atoms with Gasteiger partial charge in [0.1, 0.15) is 0 Å². The topological polar surface area (TPSA) is 42.9 Å². The number of hydrogen-bond donors (Lipinski definition) is 0. The number of thioether (sulfide) groups is 2. The van der Waals surface area contributed by atoms with Gasteiger partial charge in [-0.05, 0) is 17.2 Å². The first kappa shape index (κ1) is 16.5. The smallest absolute Gasteiger partial charge is 0.175 e. The molecule has 0 spiro atoms. The number of aromatic nitrogens is 2. The van der Waals surface area contributed by atoms with Crippen molar-refractivity contribution in [2.24, 2.45) is 0 Å². The molecule has 0 unspecified atom stereocenters. The molecule has 3 nitrogen and oxygen atoms in total. The van der Waals surface area contributed by atoms with Crippen molar-refractivity contribution >= 4 is 40.6 Å². The molecule has 21 heavy (non-hydrogen) atoms. The Morgan fingerprint density at radius 2 is 1.76 bits per heavy atom. The molecule has 1 aromatic heterocycles. The Hall–Kier alpha value is -0.850. The van der Waals surface area contributed by atoms with Gasteiger partial charge in [0.25, 0.3) is 0 Å². The Kier molecular flexibility index (Phi) is 6.26. The van der Waals surface area contributed by atoms with Gasteiger partial charge in [-0.1, -0.05) is 79.9 Å². The van der Waals surface area contributed by atoms with Gasteiger partial charge in [0, 0.05) is 5.56 Å². The number of benzene rings is 1. The molecule has 0 aliphatic heterocycles. The highest BCUT2D eigenvalue weighted by Gasteiger charge is 2.10. The predicted octanol–water partition coefficient (Wildman–Crippen LogP) is 4.75. The van der Waals surface area contributed by atoms with E-state index in [1.807, 2.05) is 24.3 Å². The minimum atomic E-state index is 0.134. The van der Waals surface area contributed by atoms with Crippen molar-refractivity contribution in [1.82, 2.24) is 10.2 Å². The van der Waals surface area contributed by atoms with E-state index in [0.29, 0.717) is 11.7 Å². The van der Waals surface area contributed by atoms with Crippen molar-refractivity contribution in [3.8, 4) is 0 Å². The fourth-order valence-electron chi connectivity index (χ4n) is 1.70. The minimum Gasteiger partial charge on any atom is -0.293 e. The number of hydrogen-bond acceptors (Lipinski definition) is 6. The molecule has 0 aliphatic carbocycles. The molecular formula is C15H18N2OS3. The molecule has 0 aliphatic rings. The molecule has 0 atom stereocenters. The Morgan fingerprint density at radius 3 is 2.33 bits per heavy atom. The zero-order valence-corrected chi connectivity index (χ0v) is 14.8. The first-order valence-corrected chi connectivity index (χ1v) is 9.61. The Balaban J connectivity index is 1.91. The summed E-state index contributed by atoms with van der Waals surface area (Å²) in [5.41, 5.74) is 2.02. The van der Waals surface area contributed by atoms with Crippen molar-refractivity contribution in [1.29, 1.82) is 0 Å². The number of carbonyl (C=O) groups is 1. The molecule has 0 amide bonds. The van der Waals surface area contributed by atoms with E-state index >= 15 is 0 Å². The van der Waals surface area contributed by atoms with E-state index in [9.17, 15) is 4.79 Å². The lowest BCUT2D eigenvalue weighted by Crippen LogP contribution is -2.02. The lowest BCUT2D eigenvalue weighted by molar-refractivity contribution is 0.102. The molecule has 0 N–H and O–H groups in total. The van der Waals surface area contributed by atoms with Crippen LogP contribution >= 0.6 is 34.9 Å². The molecule has 0 saturated heterocycles. The van der Waals surface area contributed by atoms with Crippen LogP contribution in [0.3, 0.4) is 0 Å². The fourth-order valence-corrected chi connectivity index (χ4v) is 4.51. The van der Waals surface area contributed by atoms with Gasteiger partial charge in [-0.3, -0.25) is 4.79 Å². The van der Waals surface area contributed by atoms with E-state index in [2.05, 4.69) is 31.0 Å². The van der Waals surface area contributed by atoms with Crippen LogP contribution in [-0.2, 0) is 0 Å². The molecule has 2 aromatic rings. The third-order valence-corrected chi connectivity index (χ3v) is 5.95. The van der Waals surface area contributed by atoms with E-state index < -0.39 is 0 Å². The van der Waals surface area contributed by atoms with Crippen LogP contribution in [0.25, 0.3) is 0 Å². The van der Waals surface area contributed by atoms with Gasteiger partial charge in [0.05, 0.1) is 5.75 Å². The van der Waals surface area contributed by atoms with E-state index in [1.165, 1.54) is 17.3 Å². The summed E-state index contributed by atoms with van der Waals surface area (Å²) in [6.45, 7) is 6.38. The molecule has 2 rings (SSSR count). The van der Waals surface area contributed by atoms with Crippen LogP contribution in [0.2, 0.25) is 0 Å². The van der Waals surface area contributed by atoms with Crippen molar-refractivity contribution in [3.05, 3.63) is 35.4 Å². The maximum atomic E-state index is 12.2. The molecule has 0 fully saturated rings. The van der Waals surface area contributed by atoms with Gasteiger partial charge in [-0.25, -0.2) is 0 Å². The van der Waals surface area contributed by atoms with Crippen LogP contribution in [0, 0.1) is 0 Å². The molecule has 1 aromatic carbocycles. The van der Waals surface area contributed by atoms with Crippen molar-refractivity contribution < 1.29 is 4.79 Å². The molecule has 0 saturated carbocycles. The van der Waals surface area contributed by atoms with E-state index in [1.54, 1.807) is 23.1 Å². The zero-order chi connectivity index (χ0) is 15.2. The number of rotatable bonds is 7. The maximum Gasteiger partial charge on any atom is 0.175 e. The van der Waals surface area contributed by atoms with Crippen LogP contribution in [-0.4, -0.2) is 27.5 Å². The Labute approximate surface area is 137 Å². The summed E-state index contributed by atoms with van der Waals surface area (Å²) in [6.07, 6.45) is 0. The molecule has 112 valence electrons. The highest BCUT2D eigenvalue weighted by atomic mass is 32.2. The lowest BCUT2D eigenvalue weighted by Gasteiger charge is -2.05. The first-order valence-electron chi connectivity index (χ1n) is 6.82. The van der Waals surface area contributed by atoms with Crippen LogP contribution in [0.4, 0.5) is 0 Å². The summed E-state index contributed by atoms with van der Waals surface area (Å²) in [5.74, 6) is 2.02. The van der Waals surface area contributed by atoms with Gasteiger partial charge in [-0.2, -0.15) is 0 Å². The summed E-state index contributed by atoms with van der Waals surface area (Å²) >= 11 is 4.69. The number of carbonyl (C=O) groups excluding carboxylic acids is 1. The summed E-state index contributed by atoms with van der Waals surface area (Å²) < 4.78 is 1.83. The van der Waals surface area contributed by atoms with Crippen LogP contribution in [0.1, 0.15) is 42.6 Å². The highest BCUT2D eigenvalue weighted by Crippen LogP contribution is 2.29. The van der Waals surface area contributed by atoms with Crippen LogP contribution < -0.4 is 0 Å². The normalized spacial score (nSPS) is 11.0. The lowest BCUT2D eigenvalue weighted by atomic mass is 10.0. The monoisotopic (exact) mass is 338 g/mol. The van der Waals surface area contributed by atoms with E-state index in [-0.39, 0.29) is 5.78 Å². The van der Waals surface area contributed by atoms with Gasteiger partial charge in [-0.15, -0.1) is 10.2 Å². The Morgan fingerprint density at radius 1 is 1.14 bits per heavy atom. The average molecular weight is 339 g/mol. The van der Waals surface area contributed by atoms with Crippen molar-refractivity contribution in [2.75, 3.05) is 11.5 Å². The molecule has 6 heteroatoms. The second kappa shape index (κ2) is 7.96. The van der Waals surface area contributed by atoms with E-state index in [4.69, 9.17) is 0 Å². The molecule has 0 radical (unpaired) electrons. The average Bonchev–Trinajstić information content (AvgIpc) is 2.93. The summed E-state index contributed by atoms with van der Waals surface area (Å²) in [7, 11) is 0. The van der Waals surface area contributed by atoms with Gasteiger partial charge in [0.2, 0.25) is 0 Å². The molecule has 0 bridgehead atoms. The van der Waals surface area contributed by atoms with Crippen LogP contribution in [0.15, 0.2) is 32.9 Å². The quantitative estimate of drug-likeness (QED) is 0.538. The van der Waals surface area contributed by atoms with Gasteiger partial charge in [0.15, 0.2) is 14.5 Å². The van der Waals surface area contributed by atoms with Crippen molar-refractivity contribution in [3.63, 3.8) is 0 Å². The standard InChI is InChI=1S/C15H18N2OS3/c1-4-19-14-16-17-15(21-14)20-9-13(18)12-7-5-11(6-8-12)10(2)3/h5-8,10H,4,9H2,1-3H3. The SMILES string of the molecule is CCSc1nnc(SCC(=O)c2ccc(C(C)C)cc2)s1. The fraction of sp³-hybridized carbons (Fsp3) is 0.400. The minimum absolute atomic E-state index is 0.134. The Bertz CT molecular complexity index is 593. The highest BCUT2D eigenvalue weighted by molar-refractivity contribution is 8.03. The maximum absolute atomic E-state index is 12.2. The third-order valence-electron chi connectivity index (χ3n) is 2.88. The van der Waals surface area contributed by atoms with Gasteiger partial charge < -0.3 is 0 Å². The predicted molar refractivity (Wildman–Crippen MR) is 91.9 cm³/mol. The molecule has 1 heterocycles. The second-order valence-corrected chi connectivity index (χ2v) is 8.47. The number of ketones is 1. The number of nitrogens with zero attached hydrogens (tertiary/aromatic N) is 2. The third kappa shape index (κ3) is 4.83. The number of Topliss-reactive ketones (excluding diaryl/α,β-unsaturated/α-hetero) is 1. The summed E-state index contributed by atoms with van der Waals surface area (Å²) in [5, 5.41) is 8.18. The second-order valence-electron chi connectivity index (χ2n) is 4.76. The molecular weight excluding hydrogens is 320 g/mol. The largest absolute Gasteiger partial charge is 0.293 e. The zero-order valence-electron chi connectivity index (χ0n) is 12.3. The summed E-state index contributed by atoms with van der Waals surface area (Å²) in [6, 6.07) is 7.89. The van der Waals surface area contributed by atoms with Crippen molar-refractivity contribution in [2.45, 2.75) is 35.4 Å².